The number of nitrogens with zero attached hydrogens (tertiary/aromatic N) is 2. The van der Waals surface area contributed by atoms with Crippen LogP contribution in [0.3, 0.4) is 0 Å². The number of hydrogen-bond acceptors (Lipinski definition) is 3. The largest absolute Gasteiger partial charge is 0.298 e. The van der Waals surface area contributed by atoms with Gasteiger partial charge in [0.25, 0.3) is 5.56 Å². The highest BCUT2D eigenvalue weighted by atomic mass is 35.5. The van der Waals surface area contributed by atoms with Gasteiger partial charge >= 0.3 is 0 Å². The summed E-state index contributed by atoms with van der Waals surface area (Å²) in [6, 6.07) is 1.89. The van der Waals surface area contributed by atoms with Gasteiger partial charge in [-0.15, -0.1) is 0 Å². The second-order valence-electron chi connectivity index (χ2n) is 4.90. The molecule has 4 nitrogen and oxygen atoms in total. The number of pyridine rings is 1. The van der Waals surface area contributed by atoms with E-state index in [1.165, 1.54) is 4.57 Å². The predicted octanol–water partition coefficient (Wildman–Crippen LogP) is 3.00. The van der Waals surface area contributed by atoms with Gasteiger partial charge in [0.2, 0.25) is 0 Å². The lowest BCUT2D eigenvalue weighted by Gasteiger charge is -2.26. The third kappa shape index (κ3) is 2.31. The normalized spacial score (nSPS) is 16.1. The zero-order valence-corrected chi connectivity index (χ0v) is 11.5. The quantitative estimate of drug-likeness (QED) is 0.617. The van der Waals surface area contributed by atoms with Crippen LogP contribution in [0, 0.1) is 18.3 Å². The Balaban J connectivity index is 2.69. The van der Waals surface area contributed by atoms with Gasteiger partial charge in [0.15, 0.2) is 6.29 Å². The minimum absolute atomic E-state index is 0.000139. The fraction of sp³-hybridized carbons (Fsp3) is 0.500. The number of carbonyl (C=O) groups excluding carboxylic acids is 1. The average molecular weight is 279 g/mol. The Hall–Kier alpha value is -1.60. The topological polar surface area (TPSA) is 62.9 Å². The number of carbonyl (C=O) groups is 1. The Bertz CT molecular complexity index is 607. The molecule has 1 aliphatic rings. The van der Waals surface area contributed by atoms with E-state index in [0.29, 0.717) is 11.8 Å². The van der Waals surface area contributed by atoms with Gasteiger partial charge in [-0.3, -0.25) is 14.2 Å². The van der Waals surface area contributed by atoms with Crippen LogP contribution in [0.2, 0.25) is 5.15 Å². The molecule has 2 rings (SSSR count). The van der Waals surface area contributed by atoms with E-state index in [9.17, 15) is 9.59 Å². The molecule has 0 aliphatic heterocycles. The average Bonchev–Trinajstić information content (AvgIpc) is 2.41. The van der Waals surface area contributed by atoms with E-state index in [1.54, 1.807) is 6.92 Å². The van der Waals surface area contributed by atoms with Crippen molar-refractivity contribution >= 4 is 17.9 Å². The Labute approximate surface area is 116 Å². The summed E-state index contributed by atoms with van der Waals surface area (Å²) in [4.78, 5) is 23.5. The van der Waals surface area contributed by atoms with Crippen LogP contribution >= 0.6 is 11.6 Å². The fourth-order valence-corrected chi connectivity index (χ4v) is 3.12. The summed E-state index contributed by atoms with van der Waals surface area (Å²) in [5.41, 5.74) is 0.280. The molecule has 1 aliphatic carbocycles. The number of halogens is 1. The van der Waals surface area contributed by atoms with E-state index in [2.05, 4.69) is 0 Å². The Morgan fingerprint density at radius 3 is 2.53 bits per heavy atom. The van der Waals surface area contributed by atoms with Gasteiger partial charge in [-0.25, -0.2) is 0 Å². The molecule has 0 N–H and O–H groups in total. The van der Waals surface area contributed by atoms with E-state index in [-0.39, 0.29) is 27.9 Å². The molecule has 100 valence electrons. The van der Waals surface area contributed by atoms with Crippen LogP contribution in [-0.4, -0.2) is 10.9 Å². The van der Waals surface area contributed by atoms with Crippen molar-refractivity contribution < 1.29 is 4.79 Å². The molecule has 0 saturated heterocycles. The van der Waals surface area contributed by atoms with Gasteiger partial charge < -0.3 is 0 Å². The molecule has 0 atom stereocenters. The van der Waals surface area contributed by atoms with Crippen LogP contribution in [0.1, 0.15) is 59.6 Å². The molecule has 1 saturated carbocycles. The maximum atomic E-state index is 12.3. The van der Waals surface area contributed by atoms with Crippen molar-refractivity contribution in [3.63, 3.8) is 0 Å². The molecule has 1 aromatic heterocycles. The molecule has 0 radical (unpaired) electrons. The van der Waals surface area contributed by atoms with Gasteiger partial charge in [-0.2, -0.15) is 5.26 Å². The smallest absolute Gasteiger partial charge is 0.270 e. The maximum Gasteiger partial charge on any atom is 0.270 e. The Morgan fingerprint density at radius 2 is 2.00 bits per heavy atom. The SMILES string of the molecule is Cc1c(C=O)c(Cl)n(C2CCCCC2)c(=O)c1C#N. The molecule has 0 amide bonds. The Kier molecular flexibility index (Phi) is 4.06. The highest BCUT2D eigenvalue weighted by molar-refractivity contribution is 6.32. The minimum atomic E-state index is -0.373. The van der Waals surface area contributed by atoms with Gasteiger partial charge in [0, 0.05) is 6.04 Å². The molecule has 0 bridgehead atoms. The number of aromatic nitrogens is 1. The van der Waals surface area contributed by atoms with Crippen molar-refractivity contribution in [1.29, 1.82) is 5.26 Å². The lowest BCUT2D eigenvalue weighted by Crippen LogP contribution is -2.30. The second-order valence-corrected chi connectivity index (χ2v) is 5.26. The predicted molar refractivity (Wildman–Crippen MR) is 72.7 cm³/mol. The van der Waals surface area contributed by atoms with E-state index in [1.807, 2.05) is 6.07 Å². The lowest BCUT2D eigenvalue weighted by atomic mass is 9.94. The Morgan fingerprint density at radius 1 is 1.37 bits per heavy atom. The maximum absolute atomic E-state index is 12.3. The molecule has 0 aromatic carbocycles. The first-order valence-electron chi connectivity index (χ1n) is 6.41. The third-order valence-electron chi connectivity index (χ3n) is 3.81. The third-order valence-corrected chi connectivity index (χ3v) is 4.20. The van der Waals surface area contributed by atoms with Gasteiger partial charge in [0.05, 0.1) is 5.56 Å². The van der Waals surface area contributed by atoms with Gasteiger partial charge in [-0.05, 0) is 25.3 Å². The molecular formula is C14H15ClN2O2. The van der Waals surface area contributed by atoms with Crippen LogP contribution in [-0.2, 0) is 0 Å². The van der Waals surface area contributed by atoms with E-state index in [4.69, 9.17) is 16.9 Å². The first-order chi connectivity index (χ1) is 9.11. The number of nitriles is 1. The van der Waals surface area contributed by atoms with Crippen molar-refractivity contribution in [2.45, 2.75) is 45.1 Å². The molecule has 0 spiro atoms. The zero-order chi connectivity index (χ0) is 14.0. The summed E-state index contributed by atoms with van der Waals surface area (Å²) in [5, 5.41) is 9.28. The second kappa shape index (κ2) is 5.58. The van der Waals surface area contributed by atoms with Crippen molar-refractivity contribution in [3.8, 4) is 6.07 Å². The first-order valence-corrected chi connectivity index (χ1v) is 6.79. The summed E-state index contributed by atoms with van der Waals surface area (Å²) in [6.45, 7) is 1.58. The lowest BCUT2D eigenvalue weighted by molar-refractivity contribution is 0.112. The number of hydrogen-bond donors (Lipinski definition) is 0. The monoisotopic (exact) mass is 278 g/mol. The van der Waals surface area contributed by atoms with E-state index >= 15 is 0 Å². The summed E-state index contributed by atoms with van der Waals surface area (Å²) >= 11 is 6.20. The fourth-order valence-electron chi connectivity index (χ4n) is 2.72. The van der Waals surface area contributed by atoms with Crippen molar-refractivity contribution in [2.24, 2.45) is 0 Å². The van der Waals surface area contributed by atoms with Crippen molar-refractivity contribution in [1.82, 2.24) is 4.57 Å². The van der Waals surface area contributed by atoms with Crippen molar-refractivity contribution in [3.05, 3.63) is 32.2 Å². The number of rotatable bonds is 2. The van der Waals surface area contributed by atoms with E-state index < -0.39 is 0 Å². The molecule has 1 aromatic rings. The van der Waals surface area contributed by atoms with Gasteiger partial charge in [-0.1, -0.05) is 30.9 Å². The molecule has 19 heavy (non-hydrogen) atoms. The first kappa shape index (κ1) is 13.8. The van der Waals surface area contributed by atoms with Crippen LogP contribution < -0.4 is 5.56 Å². The van der Waals surface area contributed by atoms with Gasteiger partial charge in [0.1, 0.15) is 16.8 Å². The molecule has 0 unspecified atom stereocenters. The molecule has 1 fully saturated rings. The highest BCUT2D eigenvalue weighted by Crippen LogP contribution is 2.31. The summed E-state index contributed by atoms with van der Waals surface area (Å²) in [5.74, 6) is 0. The summed E-state index contributed by atoms with van der Waals surface area (Å²) in [7, 11) is 0. The highest BCUT2D eigenvalue weighted by Gasteiger charge is 2.24. The van der Waals surface area contributed by atoms with Crippen LogP contribution in [0.5, 0.6) is 0 Å². The van der Waals surface area contributed by atoms with Crippen LogP contribution in [0.25, 0.3) is 0 Å². The summed E-state index contributed by atoms with van der Waals surface area (Å²) in [6.07, 6.45) is 5.59. The van der Waals surface area contributed by atoms with Crippen molar-refractivity contribution in [2.75, 3.05) is 0 Å². The standard InChI is InChI=1S/C14H15ClN2O2/c1-9-11(7-16)14(19)17(13(15)12(9)8-18)10-5-3-2-4-6-10/h8,10H,2-6H2,1H3. The summed E-state index contributed by atoms with van der Waals surface area (Å²) < 4.78 is 1.44. The van der Waals surface area contributed by atoms with E-state index in [0.717, 1.165) is 32.1 Å². The zero-order valence-electron chi connectivity index (χ0n) is 10.8. The molecular weight excluding hydrogens is 264 g/mol. The molecule has 5 heteroatoms. The van der Waals surface area contributed by atoms with Crippen LogP contribution in [0.15, 0.2) is 4.79 Å². The molecule has 1 heterocycles. The number of aldehydes is 1. The van der Waals surface area contributed by atoms with Crippen LogP contribution in [0.4, 0.5) is 0 Å². The minimum Gasteiger partial charge on any atom is -0.298 e.